The number of fused-ring (bicyclic) bond motifs is 1. The summed E-state index contributed by atoms with van der Waals surface area (Å²) in [6.45, 7) is 12.3. The molecule has 2 fully saturated rings. The summed E-state index contributed by atoms with van der Waals surface area (Å²) in [6.07, 6.45) is 2.14. The Hall–Kier alpha value is -1.03. The van der Waals surface area contributed by atoms with E-state index in [1.807, 2.05) is 20.8 Å². The van der Waals surface area contributed by atoms with Crippen LogP contribution < -0.4 is 0 Å². The van der Waals surface area contributed by atoms with Gasteiger partial charge >= 0.3 is 6.09 Å². The van der Waals surface area contributed by atoms with Crippen LogP contribution in [0.5, 0.6) is 0 Å². The van der Waals surface area contributed by atoms with Gasteiger partial charge in [-0.25, -0.2) is 4.79 Å². The van der Waals surface area contributed by atoms with E-state index < -0.39 is 5.60 Å². The molecule has 2 aliphatic rings. The largest absolute Gasteiger partial charge is 0.443 e. The molecule has 0 aromatic heterocycles. The lowest BCUT2D eigenvalue weighted by Crippen LogP contribution is -2.51. The van der Waals surface area contributed by atoms with Crippen molar-refractivity contribution in [3.8, 4) is 0 Å². The molecule has 0 N–H and O–H groups in total. The maximum absolute atomic E-state index is 12.0. The summed E-state index contributed by atoms with van der Waals surface area (Å²) in [5.74, 6) is 0. The SMILES string of the molecule is C=C1CN2CCCC2CN1C(=O)OC(C)(C)C. The molecule has 96 valence electrons. The first-order valence-electron chi connectivity index (χ1n) is 6.29. The molecule has 4 nitrogen and oxygen atoms in total. The number of hydrogen-bond donors (Lipinski definition) is 0. The average molecular weight is 238 g/mol. The maximum atomic E-state index is 12.0. The Balaban J connectivity index is 2.01. The summed E-state index contributed by atoms with van der Waals surface area (Å²) in [5.41, 5.74) is 0.418. The first-order chi connectivity index (χ1) is 7.87. The van der Waals surface area contributed by atoms with E-state index in [4.69, 9.17) is 4.74 Å². The monoisotopic (exact) mass is 238 g/mol. The van der Waals surface area contributed by atoms with Crippen LogP contribution in [0.15, 0.2) is 12.3 Å². The van der Waals surface area contributed by atoms with E-state index in [1.54, 1.807) is 4.90 Å². The van der Waals surface area contributed by atoms with Gasteiger partial charge in [-0.1, -0.05) is 6.58 Å². The molecule has 0 aromatic carbocycles. The third-order valence-electron chi connectivity index (χ3n) is 3.27. The van der Waals surface area contributed by atoms with Crippen molar-refractivity contribution >= 4 is 6.09 Å². The summed E-state index contributed by atoms with van der Waals surface area (Å²) in [5, 5.41) is 0. The summed E-state index contributed by atoms with van der Waals surface area (Å²) < 4.78 is 5.40. The highest BCUT2D eigenvalue weighted by atomic mass is 16.6. The Labute approximate surface area is 103 Å². The minimum atomic E-state index is -0.440. The number of carbonyl (C=O) groups excluding carboxylic acids is 1. The van der Waals surface area contributed by atoms with Crippen molar-refractivity contribution in [3.05, 3.63) is 12.3 Å². The molecular formula is C13H22N2O2. The highest BCUT2D eigenvalue weighted by Crippen LogP contribution is 2.26. The van der Waals surface area contributed by atoms with Gasteiger partial charge in [0.15, 0.2) is 0 Å². The summed E-state index contributed by atoms with van der Waals surface area (Å²) in [6, 6.07) is 0.494. The Bertz CT molecular complexity index is 333. The van der Waals surface area contributed by atoms with Gasteiger partial charge in [0.05, 0.1) is 0 Å². The van der Waals surface area contributed by atoms with E-state index in [0.29, 0.717) is 6.04 Å². The summed E-state index contributed by atoms with van der Waals surface area (Å²) in [4.78, 5) is 16.1. The lowest BCUT2D eigenvalue weighted by Gasteiger charge is -2.39. The lowest BCUT2D eigenvalue weighted by atomic mass is 10.1. The zero-order chi connectivity index (χ0) is 12.6. The highest BCUT2D eigenvalue weighted by Gasteiger charge is 2.36. The molecule has 4 heteroatoms. The molecule has 1 atom stereocenters. The molecule has 0 aliphatic carbocycles. The second-order valence-electron chi connectivity index (χ2n) is 5.92. The molecule has 17 heavy (non-hydrogen) atoms. The molecule has 1 amide bonds. The van der Waals surface area contributed by atoms with E-state index in [1.165, 1.54) is 12.8 Å². The smallest absolute Gasteiger partial charge is 0.414 e. The molecule has 0 saturated carbocycles. The van der Waals surface area contributed by atoms with Gasteiger partial charge in [0.1, 0.15) is 5.60 Å². The van der Waals surface area contributed by atoms with E-state index >= 15 is 0 Å². The molecule has 0 bridgehead atoms. The molecule has 2 rings (SSSR count). The van der Waals surface area contributed by atoms with Crippen LogP contribution in [0.3, 0.4) is 0 Å². The quantitative estimate of drug-likeness (QED) is 0.648. The first kappa shape index (κ1) is 12.4. The molecule has 2 aliphatic heterocycles. The van der Waals surface area contributed by atoms with Gasteiger partial charge in [0, 0.05) is 24.8 Å². The van der Waals surface area contributed by atoms with Gasteiger partial charge in [0.2, 0.25) is 0 Å². The van der Waals surface area contributed by atoms with Gasteiger partial charge in [-0.3, -0.25) is 9.80 Å². The van der Waals surface area contributed by atoms with Crippen LogP contribution in [-0.2, 0) is 4.74 Å². The molecule has 2 heterocycles. The molecule has 0 spiro atoms. The van der Waals surface area contributed by atoms with E-state index in [2.05, 4.69) is 11.5 Å². The van der Waals surface area contributed by atoms with Crippen molar-refractivity contribution in [3.63, 3.8) is 0 Å². The van der Waals surface area contributed by atoms with Crippen LogP contribution in [0.2, 0.25) is 0 Å². The standard InChI is InChI=1S/C13H22N2O2/c1-10-8-14-7-5-6-11(14)9-15(10)12(16)17-13(2,3)4/h11H,1,5-9H2,2-4H3. The van der Waals surface area contributed by atoms with Crippen molar-refractivity contribution in [2.45, 2.75) is 45.3 Å². The lowest BCUT2D eigenvalue weighted by molar-refractivity contribution is 0.0203. The zero-order valence-electron chi connectivity index (χ0n) is 11.0. The normalized spacial score (nSPS) is 25.9. The fourth-order valence-corrected chi connectivity index (χ4v) is 2.49. The van der Waals surface area contributed by atoms with Gasteiger partial charge < -0.3 is 4.74 Å². The number of carbonyl (C=O) groups is 1. The molecular weight excluding hydrogens is 216 g/mol. The Kier molecular flexibility index (Phi) is 3.17. The van der Waals surface area contributed by atoms with Crippen LogP contribution in [0.4, 0.5) is 4.79 Å². The zero-order valence-corrected chi connectivity index (χ0v) is 11.0. The van der Waals surface area contributed by atoms with Crippen LogP contribution in [-0.4, -0.2) is 47.2 Å². The van der Waals surface area contributed by atoms with Crippen LogP contribution in [0, 0.1) is 0 Å². The number of amides is 1. The first-order valence-corrected chi connectivity index (χ1v) is 6.29. The fourth-order valence-electron chi connectivity index (χ4n) is 2.49. The average Bonchev–Trinajstić information content (AvgIpc) is 2.60. The van der Waals surface area contributed by atoms with Gasteiger partial charge in [-0.2, -0.15) is 0 Å². The maximum Gasteiger partial charge on any atom is 0.414 e. The van der Waals surface area contributed by atoms with Gasteiger partial charge in [-0.15, -0.1) is 0 Å². The van der Waals surface area contributed by atoms with Crippen molar-refractivity contribution in [1.82, 2.24) is 9.80 Å². The molecule has 1 unspecified atom stereocenters. The van der Waals surface area contributed by atoms with E-state index in [0.717, 1.165) is 25.3 Å². The third kappa shape index (κ3) is 2.80. The van der Waals surface area contributed by atoms with E-state index in [-0.39, 0.29) is 6.09 Å². The minimum Gasteiger partial charge on any atom is -0.443 e. The van der Waals surface area contributed by atoms with Gasteiger partial charge in [0.25, 0.3) is 0 Å². The predicted molar refractivity (Wildman–Crippen MR) is 66.7 cm³/mol. The molecule has 0 radical (unpaired) electrons. The number of rotatable bonds is 0. The fraction of sp³-hybridized carbons (Fsp3) is 0.769. The van der Waals surface area contributed by atoms with Crippen molar-refractivity contribution < 1.29 is 9.53 Å². The van der Waals surface area contributed by atoms with Crippen LogP contribution in [0.1, 0.15) is 33.6 Å². The van der Waals surface area contributed by atoms with Crippen LogP contribution in [0.25, 0.3) is 0 Å². The Morgan fingerprint density at radius 3 is 2.82 bits per heavy atom. The van der Waals surface area contributed by atoms with Crippen molar-refractivity contribution in [1.29, 1.82) is 0 Å². The topological polar surface area (TPSA) is 32.8 Å². The van der Waals surface area contributed by atoms with Gasteiger partial charge in [-0.05, 0) is 40.2 Å². The van der Waals surface area contributed by atoms with Crippen LogP contribution >= 0.6 is 0 Å². The van der Waals surface area contributed by atoms with E-state index in [9.17, 15) is 4.79 Å². The minimum absolute atomic E-state index is 0.256. The molecule has 2 saturated heterocycles. The Morgan fingerprint density at radius 2 is 2.18 bits per heavy atom. The third-order valence-corrected chi connectivity index (χ3v) is 3.27. The molecule has 0 aromatic rings. The highest BCUT2D eigenvalue weighted by molar-refractivity contribution is 5.70. The number of piperazine rings is 1. The number of hydrogen-bond acceptors (Lipinski definition) is 3. The second-order valence-corrected chi connectivity index (χ2v) is 5.92. The number of nitrogens with zero attached hydrogens (tertiary/aromatic N) is 2. The second kappa shape index (κ2) is 4.33. The number of ether oxygens (including phenoxy) is 1. The summed E-state index contributed by atoms with van der Waals surface area (Å²) in [7, 11) is 0. The van der Waals surface area contributed by atoms with Crippen molar-refractivity contribution in [2.75, 3.05) is 19.6 Å². The van der Waals surface area contributed by atoms with Crippen molar-refractivity contribution in [2.24, 2.45) is 0 Å². The predicted octanol–water partition coefficient (Wildman–Crippen LogP) is 2.22. The Morgan fingerprint density at radius 1 is 1.47 bits per heavy atom. The summed E-state index contributed by atoms with van der Waals surface area (Å²) >= 11 is 0.